The molecule has 1 heterocycles. The minimum Gasteiger partial charge on any atom is -0.395 e. The first kappa shape index (κ1) is 14.5. The Morgan fingerprint density at radius 2 is 2.16 bits per heavy atom. The van der Waals surface area contributed by atoms with Crippen molar-refractivity contribution in [2.24, 2.45) is 0 Å². The number of aliphatic hydroxyl groups excluding tert-OH is 1. The Hall–Kier alpha value is -0.900. The van der Waals surface area contributed by atoms with Gasteiger partial charge >= 0.3 is 0 Å². The molecule has 0 radical (unpaired) electrons. The Balaban J connectivity index is 1.70. The van der Waals surface area contributed by atoms with E-state index in [-0.39, 0.29) is 12.6 Å². The average molecular weight is 262 g/mol. The van der Waals surface area contributed by atoms with Crippen LogP contribution in [0.1, 0.15) is 25.3 Å². The van der Waals surface area contributed by atoms with E-state index in [1.165, 1.54) is 18.5 Å². The van der Waals surface area contributed by atoms with E-state index in [2.05, 4.69) is 47.5 Å². The molecule has 0 aromatic heterocycles. The molecule has 2 N–H and O–H groups in total. The Morgan fingerprint density at radius 3 is 2.84 bits per heavy atom. The van der Waals surface area contributed by atoms with Gasteiger partial charge in [0.2, 0.25) is 0 Å². The zero-order valence-corrected chi connectivity index (χ0v) is 11.9. The summed E-state index contributed by atoms with van der Waals surface area (Å²) in [5.41, 5.74) is 1.42. The summed E-state index contributed by atoms with van der Waals surface area (Å²) in [6.45, 7) is 5.79. The SMILES string of the molecule is CC[C@@H](CO)NC1CCN(CCc2ccccc2)C1. The second-order valence-electron chi connectivity index (χ2n) is 5.48. The molecule has 2 atom stereocenters. The Labute approximate surface area is 116 Å². The van der Waals surface area contributed by atoms with E-state index in [1.54, 1.807) is 0 Å². The van der Waals surface area contributed by atoms with E-state index in [4.69, 9.17) is 0 Å². The summed E-state index contributed by atoms with van der Waals surface area (Å²) >= 11 is 0. The van der Waals surface area contributed by atoms with Crippen LogP contribution in [-0.2, 0) is 6.42 Å². The number of likely N-dealkylation sites (tertiary alicyclic amines) is 1. The Kier molecular flexibility index (Phi) is 5.83. The van der Waals surface area contributed by atoms with E-state index in [1.807, 2.05) is 0 Å². The van der Waals surface area contributed by atoms with Crippen molar-refractivity contribution in [1.29, 1.82) is 0 Å². The molecule has 106 valence electrons. The van der Waals surface area contributed by atoms with E-state index in [0.29, 0.717) is 6.04 Å². The van der Waals surface area contributed by atoms with Crippen molar-refractivity contribution in [3.63, 3.8) is 0 Å². The molecule has 1 fully saturated rings. The summed E-state index contributed by atoms with van der Waals surface area (Å²) in [6, 6.07) is 11.5. The smallest absolute Gasteiger partial charge is 0.0584 e. The van der Waals surface area contributed by atoms with Crippen LogP contribution in [0, 0.1) is 0 Å². The van der Waals surface area contributed by atoms with Gasteiger partial charge in [-0.3, -0.25) is 0 Å². The fourth-order valence-electron chi connectivity index (χ4n) is 2.74. The first-order chi connectivity index (χ1) is 9.31. The third kappa shape index (κ3) is 4.60. The summed E-state index contributed by atoms with van der Waals surface area (Å²) < 4.78 is 0. The van der Waals surface area contributed by atoms with Crippen LogP contribution in [-0.4, -0.2) is 48.3 Å². The van der Waals surface area contributed by atoms with Crippen molar-refractivity contribution < 1.29 is 5.11 Å². The van der Waals surface area contributed by atoms with Crippen LogP contribution in [0.3, 0.4) is 0 Å². The second kappa shape index (κ2) is 7.63. The van der Waals surface area contributed by atoms with Gasteiger partial charge in [-0.15, -0.1) is 0 Å². The summed E-state index contributed by atoms with van der Waals surface area (Å²) in [7, 11) is 0. The van der Waals surface area contributed by atoms with Crippen molar-refractivity contribution in [3.05, 3.63) is 35.9 Å². The van der Waals surface area contributed by atoms with Crippen molar-refractivity contribution in [2.75, 3.05) is 26.2 Å². The van der Waals surface area contributed by atoms with Crippen molar-refractivity contribution in [3.8, 4) is 0 Å². The molecule has 1 unspecified atom stereocenters. The average Bonchev–Trinajstić information content (AvgIpc) is 2.91. The van der Waals surface area contributed by atoms with Gasteiger partial charge in [-0.2, -0.15) is 0 Å². The predicted octanol–water partition coefficient (Wildman–Crippen LogP) is 1.66. The number of nitrogens with one attached hydrogen (secondary N) is 1. The summed E-state index contributed by atoms with van der Waals surface area (Å²) in [4.78, 5) is 2.52. The van der Waals surface area contributed by atoms with Gasteiger partial charge in [-0.25, -0.2) is 0 Å². The maximum Gasteiger partial charge on any atom is 0.0584 e. The van der Waals surface area contributed by atoms with Crippen LogP contribution in [0.4, 0.5) is 0 Å². The second-order valence-corrected chi connectivity index (χ2v) is 5.48. The van der Waals surface area contributed by atoms with E-state index in [9.17, 15) is 5.11 Å². The standard InChI is InChI=1S/C16H26N2O/c1-2-15(13-19)17-16-9-11-18(12-16)10-8-14-6-4-3-5-7-14/h3-7,15-17,19H,2,8-13H2,1H3/t15-,16?/m0/s1. The Morgan fingerprint density at radius 1 is 1.37 bits per heavy atom. The van der Waals surface area contributed by atoms with Crippen LogP contribution < -0.4 is 5.32 Å². The van der Waals surface area contributed by atoms with Crippen molar-refractivity contribution >= 4 is 0 Å². The zero-order valence-electron chi connectivity index (χ0n) is 11.9. The van der Waals surface area contributed by atoms with Gasteiger partial charge in [-0.05, 0) is 31.4 Å². The van der Waals surface area contributed by atoms with E-state index < -0.39 is 0 Å². The number of hydrogen-bond donors (Lipinski definition) is 2. The summed E-state index contributed by atoms with van der Waals surface area (Å²) in [5.74, 6) is 0. The molecule has 0 spiro atoms. The molecular formula is C16H26N2O. The number of hydrogen-bond acceptors (Lipinski definition) is 3. The highest BCUT2D eigenvalue weighted by Gasteiger charge is 2.23. The third-order valence-electron chi connectivity index (χ3n) is 4.02. The minimum atomic E-state index is 0.247. The lowest BCUT2D eigenvalue weighted by Crippen LogP contribution is -2.41. The lowest BCUT2D eigenvalue weighted by Gasteiger charge is -2.21. The molecule has 1 aliphatic heterocycles. The molecule has 19 heavy (non-hydrogen) atoms. The van der Waals surface area contributed by atoms with Gasteiger partial charge in [0.25, 0.3) is 0 Å². The first-order valence-corrected chi connectivity index (χ1v) is 7.45. The quantitative estimate of drug-likeness (QED) is 0.784. The van der Waals surface area contributed by atoms with Crippen LogP contribution in [0.2, 0.25) is 0 Å². The van der Waals surface area contributed by atoms with Crippen LogP contribution >= 0.6 is 0 Å². The van der Waals surface area contributed by atoms with Gasteiger partial charge < -0.3 is 15.3 Å². The molecule has 0 aliphatic carbocycles. The van der Waals surface area contributed by atoms with Gasteiger partial charge in [-0.1, -0.05) is 37.3 Å². The monoisotopic (exact) mass is 262 g/mol. The van der Waals surface area contributed by atoms with E-state index in [0.717, 1.165) is 25.9 Å². The van der Waals surface area contributed by atoms with Crippen molar-refractivity contribution in [1.82, 2.24) is 10.2 Å². The van der Waals surface area contributed by atoms with E-state index >= 15 is 0 Å². The molecule has 3 nitrogen and oxygen atoms in total. The van der Waals surface area contributed by atoms with Gasteiger partial charge in [0.15, 0.2) is 0 Å². The topological polar surface area (TPSA) is 35.5 Å². The molecule has 3 heteroatoms. The molecule has 1 aromatic rings. The fraction of sp³-hybridized carbons (Fsp3) is 0.625. The maximum atomic E-state index is 9.23. The number of aliphatic hydroxyl groups is 1. The molecular weight excluding hydrogens is 236 g/mol. The highest BCUT2D eigenvalue weighted by Crippen LogP contribution is 2.11. The van der Waals surface area contributed by atoms with Crippen LogP contribution in [0.15, 0.2) is 30.3 Å². The van der Waals surface area contributed by atoms with Gasteiger partial charge in [0.1, 0.15) is 0 Å². The number of rotatable bonds is 7. The number of benzene rings is 1. The lowest BCUT2D eigenvalue weighted by molar-refractivity contribution is 0.225. The highest BCUT2D eigenvalue weighted by atomic mass is 16.3. The van der Waals surface area contributed by atoms with Crippen LogP contribution in [0.5, 0.6) is 0 Å². The summed E-state index contributed by atoms with van der Waals surface area (Å²) in [6.07, 6.45) is 3.33. The normalized spacial score (nSPS) is 21.7. The lowest BCUT2D eigenvalue weighted by atomic mass is 10.1. The maximum absolute atomic E-state index is 9.23. The molecule has 0 saturated carbocycles. The largest absolute Gasteiger partial charge is 0.395 e. The highest BCUT2D eigenvalue weighted by molar-refractivity contribution is 5.14. The van der Waals surface area contributed by atoms with Crippen LogP contribution in [0.25, 0.3) is 0 Å². The number of nitrogens with zero attached hydrogens (tertiary/aromatic N) is 1. The molecule has 1 saturated heterocycles. The molecule has 1 aromatic carbocycles. The predicted molar refractivity (Wildman–Crippen MR) is 79.3 cm³/mol. The van der Waals surface area contributed by atoms with Gasteiger partial charge in [0.05, 0.1) is 6.61 Å². The molecule has 2 rings (SSSR count). The molecule has 0 bridgehead atoms. The van der Waals surface area contributed by atoms with Crippen molar-refractivity contribution in [2.45, 2.75) is 38.3 Å². The first-order valence-electron chi connectivity index (χ1n) is 7.45. The molecule has 1 aliphatic rings. The minimum absolute atomic E-state index is 0.247. The third-order valence-corrected chi connectivity index (χ3v) is 4.02. The van der Waals surface area contributed by atoms with Gasteiger partial charge in [0, 0.05) is 25.2 Å². The Bertz CT molecular complexity index is 351. The summed E-state index contributed by atoms with van der Waals surface area (Å²) in [5, 5.41) is 12.8. The fourth-order valence-corrected chi connectivity index (χ4v) is 2.74. The molecule has 0 amide bonds. The zero-order chi connectivity index (χ0) is 13.5.